The topological polar surface area (TPSA) is 81.4 Å². The molecule has 0 spiro atoms. The van der Waals surface area contributed by atoms with Gasteiger partial charge in [-0.3, -0.25) is 9.59 Å². The van der Waals surface area contributed by atoms with Gasteiger partial charge in [0.25, 0.3) is 0 Å². The van der Waals surface area contributed by atoms with Gasteiger partial charge < -0.3 is 15.8 Å². The van der Waals surface area contributed by atoms with Crippen LogP contribution in [0.25, 0.3) is 0 Å². The van der Waals surface area contributed by atoms with Crippen LogP contribution in [0.15, 0.2) is 30.3 Å². The Kier molecular flexibility index (Phi) is 6.60. The molecule has 0 fully saturated rings. The van der Waals surface area contributed by atoms with Gasteiger partial charge in [-0.25, -0.2) is 0 Å². The minimum Gasteiger partial charge on any atom is -0.460 e. The van der Waals surface area contributed by atoms with Crippen molar-refractivity contribution in [3.05, 3.63) is 35.9 Å². The number of carbonyl (C=O) groups excluding carboxylic acids is 2. The lowest BCUT2D eigenvalue weighted by Crippen LogP contribution is -2.31. The minimum atomic E-state index is -0.446. The molecule has 0 saturated carbocycles. The zero-order valence-electron chi connectivity index (χ0n) is 11.1. The molecule has 0 aliphatic heterocycles. The van der Waals surface area contributed by atoms with Gasteiger partial charge in [0.1, 0.15) is 13.2 Å². The van der Waals surface area contributed by atoms with Gasteiger partial charge in [-0.15, -0.1) is 0 Å². The van der Waals surface area contributed by atoms with Crippen molar-refractivity contribution >= 4 is 11.9 Å². The number of rotatable bonds is 7. The van der Waals surface area contributed by atoms with Crippen LogP contribution >= 0.6 is 0 Å². The van der Waals surface area contributed by atoms with Gasteiger partial charge in [0, 0.05) is 12.5 Å². The summed E-state index contributed by atoms with van der Waals surface area (Å²) in [7, 11) is 0. The zero-order valence-corrected chi connectivity index (χ0v) is 11.1. The minimum absolute atomic E-state index is 0.0178. The number of carbonyl (C=O) groups is 2. The molecular weight excluding hydrogens is 244 g/mol. The van der Waals surface area contributed by atoms with Gasteiger partial charge in [0.05, 0.1) is 0 Å². The molecule has 0 heterocycles. The van der Waals surface area contributed by atoms with E-state index >= 15 is 0 Å². The van der Waals surface area contributed by atoms with E-state index in [2.05, 4.69) is 5.32 Å². The third-order valence-corrected chi connectivity index (χ3v) is 2.50. The Morgan fingerprint density at radius 2 is 2.00 bits per heavy atom. The fourth-order valence-corrected chi connectivity index (χ4v) is 1.41. The van der Waals surface area contributed by atoms with Crippen LogP contribution in [0.5, 0.6) is 0 Å². The number of amides is 1. The first-order chi connectivity index (χ1) is 9.08. The lowest BCUT2D eigenvalue weighted by atomic mass is 10.2. The summed E-state index contributed by atoms with van der Waals surface area (Å²) in [6.45, 7) is 1.95. The van der Waals surface area contributed by atoms with Crippen molar-refractivity contribution < 1.29 is 14.3 Å². The summed E-state index contributed by atoms with van der Waals surface area (Å²) in [4.78, 5) is 22.7. The lowest BCUT2D eigenvalue weighted by molar-refractivity contribution is -0.145. The molecule has 1 unspecified atom stereocenters. The fraction of sp³-hybridized carbons (Fsp3) is 0.429. The molecule has 19 heavy (non-hydrogen) atoms. The molecular formula is C14H20N2O3. The van der Waals surface area contributed by atoms with E-state index in [9.17, 15) is 9.59 Å². The van der Waals surface area contributed by atoms with Crippen molar-refractivity contribution in [3.8, 4) is 0 Å². The molecule has 5 heteroatoms. The normalized spacial score (nSPS) is 11.7. The van der Waals surface area contributed by atoms with Gasteiger partial charge in [-0.1, -0.05) is 30.3 Å². The monoisotopic (exact) mass is 264 g/mol. The first-order valence-electron chi connectivity index (χ1n) is 6.29. The molecule has 1 atom stereocenters. The van der Waals surface area contributed by atoms with E-state index in [0.29, 0.717) is 12.8 Å². The van der Waals surface area contributed by atoms with Crippen LogP contribution in [0.3, 0.4) is 0 Å². The number of hydrogen-bond acceptors (Lipinski definition) is 4. The van der Waals surface area contributed by atoms with E-state index in [0.717, 1.165) is 5.56 Å². The number of benzene rings is 1. The number of nitrogens with one attached hydrogen (secondary N) is 1. The maximum Gasteiger partial charge on any atom is 0.325 e. The number of ether oxygens (including phenoxy) is 1. The van der Waals surface area contributed by atoms with Crippen LogP contribution in [0, 0.1) is 0 Å². The summed E-state index contributed by atoms with van der Waals surface area (Å²) in [5.74, 6) is -0.632. The average Bonchev–Trinajstić information content (AvgIpc) is 2.41. The first-order valence-corrected chi connectivity index (χ1v) is 6.29. The average molecular weight is 264 g/mol. The number of hydrogen-bond donors (Lipinski definition) is 2. The Labute approximate surface area is 113 Å². The Morgan fingerprint density at radius 1 is 1.32 bits per heavy atom. The highest BCUT2D eigenvalue weighted by Gasteiger charge is 2.07. The molecule has 0 saturated heterocycles. The quantitative estimate of drug-likeness (QED) is 0.719. The van der Waals surface area contributed by atoms with Crippen molar-refractivity contribution in [1.29, 1.82) is 0 Å². The number of esters is 1. The van der Waals surface area contributed by atoms with Crippen LogP contribution in [0.2, 0.25) is 0 Å². The van der Waals surface area contributed by atoms with Gasteiger partial charge in [-0.2, -0.15) is 0 Å². The van der Waals surface area contributed by atoms with Crippen molar-refractivity contribution in [2.45, 2.75) is 32.4 Å². The molecule has 1 aromatic carbocycles. The van der Waals surface area contributed by atoms with Crippen LogP contribution < -0.4 is 11.1 Å². The second kappa shape index (κ2) is 8.26. The zero-order chi connectivity index (χ0) is 14.1. The summed E-state index contributed by atoms with van der Waals surface area (Å²) in [6, 6.07) is 9.36. The van der Waals surface area contributed by atoms with Crippen LogP contribution in [0.4, 0.5) is 0 Å². The van der Waals surface area contributed by atoms with Gasteiger partial charge >= 0.3 is 5.97 Å². The van der Waals surface area contributed by atoms with Crippen LogP contribution in [-0.2, 0) is 20.9 Å². The van der Waals surface area contributed by atoms with E-state index in [4.69, 9.17) is 10.5 Å². The van der Waals surface area contributed by atoms with Gasteiger partial charge in [0.2, 0.25) is 5.91 Å². The van der Waals surface area contributed by atoms with Crippen molar-refractivity contribution in [1.82, 2.24) is 5.32 Å². The molecule has 104 valence electrons. The summed E-state index contributed by atoms with van der Waals surface area (Å²) in [6.07, 6.45) is 0.925. The molecule has 0 aliphatic carbocycles. The van der Waals surface area contributed by atoms with E-state index < -0.39 is 5.97 Å². The Bertz CT molecular complexity index is 404. The Morgan fingerprint density at radius 3 is 2.63 bits per heavy atom. The molecule has 0 aliphatic rings. The largest absolute Gasteiger partial charge is 0.460 e. The second-order valence-electron chi connectivity index (χ2n) is 4.44. The highest BCUT2D eigenvalue weighted by atomic mass is 16.5. The molecule has 1 aromatic rings. The maximum atomic E-state index is 11.4. The highest BCUT2D eigenvalue weighted by Crippen LogP contribution is 2.00. The SMILES string of the molecule is CC(N)CCC(=O)NCC(=O)OCc1ccccc1. The fourth-order valence-electron chi connectivity index (χ4n) is 1.41. The third-order valence-electron chi connectivity index (χ3n) is 2.50. The summed E-state index contributed by atoms with van der Waals surface area (Å²) >= 11 is 0. The van der Waals surface area contributed by atoms with E-state index in [1.54, 1.807) is 0 Å². The molecule has 0 aromatic heterocycles. The summed E-state index contributed by atoms with van der Waals surface area (Å²) < 4.78 is 5.03. The van der Waals surface area contributed by atoms with Crippen LogP contribution in [-0.4, -0.2) is 24.5 Å². The van der Waals surface area contributed by atoms with Crippen LogP contribution in [0.1, 0.15) is 25.3 Å². The van der Waals surface area contributed by atoms with Crippen molar-refractivity contribution in [2.75, 3.05) is 6.54 Å². The third kappa shape index (κ3) is 7.21. The molecule has 1 amide bonds. The molecule has 3 N–H and O–H groups in total. The maximum absolute atomic E-state index is 11.4. The predicted octanol–water partition coefficient (Wildman–Crippen LogP) is 0.973. The van der Waals surface area contributed by atoms with E-state index in [1.807, 2.05) is 37.3 Å². The lowest BCUT2D eigenvalue weighted by Gasteiger charge is -2.07. The van der Waals surface area contributed by atoms with Gasteiger partial charge in [0.15, 0.2) is 0 Å². The highest BCUT2D eigenvalue weighted by molar-refractivity contribution is 5.81. The van der Waals surface area contributed by atoms with Crippen molar-refractivity contribution in [3.63, 3.8) is 0 Å². The van der Waals surface area contributed by atoms with E-state index in [-0.39, 0.29) is 25.1 Å². The van der Waals surface area contributed by atoms with E-state index in [1.165, 1.54) is 0 Å². The Hall–Kier alpha value is -1.88. The first kappa shape index (κ1) is 15.2. The van der Waals surface area contributed by atoms with Crippen molar-refractivity contribution in [2.24, 2.45) is 5.73 Å². The molecule has 0 bridgehead atoms. The second-order valence-corrected chi connectivity index (χ2v) is 4.44. The molecule has 5 nitrogen and oxygen atoms in total. The van der Waals surface area contributed by atoms with Gasteiger partial charge in [-0.05, 0) is 18.9 Å². The summed E-state index contributed by atoms with van der Waals surface area (Å²) in [5, 5.41) is 2.51. The smallest absolute Gasteiger partial charge is 0.325 e. The predicted molar refractivity (Wildman–Crippen MR) is 72.1 cm³/mol. The molecule has 0 radical (unpaired) electrons. The molecule has 1 rings (SSSR count). The standard InChI is InChI=1S/C14H20N2O3/c1-11(15)7-8-13(17)16-9-14(18)19-10-12-5-3-2-4-6-12/h2-6,11H,7-10,15H2,1H3,(H,16,17). The Balaban J connectivity index is 2.16. The number of nitrogens with two attached hydrogens (primary N) is 1. The summed E-state index contributed by atoms with van der Waals surface area (Å²) in [5.41, 5.74) is 6.45.